The van der Waals surface area contributed by atoms with Gasteiger partial charge in [0.2, 0.25) is 10.0 Å². The first-order chi connectivity index (χ1) is 12.6. The van der Waals surface area contributed by atoms with E-state index in [2.05, 4.69) is 20.7 Å². The summed E-state index contributed by atoms with van der Waals surface area (Å²) < 4.78 is 56.1. The fourth-order valence-corrected chi connectivity index (χ4v) is 3.60. The van der Waals surface area contributed by atoms with Gasteiger partial charge in [-0.3, -0.25) is 0 Å². The molecule has 0 aliphatic heterocycles. The van der Waals surface area contributed by atoms with Crippen LogP contribution < -0.4 is 4.72 Å². The lowest BCUT2D eigenvalue weighted by Crippen LogP contribution is -2.34. The van der Waals surface area contributed by atoms with Gasteiger partial charge < -0.3 is 9.47 Å². The Labute approximate surface area is 160 Å². The Morgan fingerprint density at radius 1 is 1.16 bits per heavy atom. The minimum absolute atomic E-state index is 0.0729. The van der Waals surface area contributed by atoms with Gasteiger partial charge in [-0.15, -0.1) is 0 Å². The molecule has 0 saturated heterocycles. The van der Waals surface area contributed by atoms with Gasteiger partial charge in [0.05, 0.1) is 11.4 Å². The fourth-order valence-electron chi connectivity index (χ4n) is 2.18. The van der Waals surface area contributed by atoms with Gasteiger partial charge in [-0.25, -0.2) is 13.1 Å². The van der Waals surface area contributed by atoms with Crippen LogP contribution in [0.25, 0.3) is 0 Å². The maximum absolute atomic E-state index is 12.8. The van der Waals surface area contributed by atoms with E-state index in [9.17, 15) is 8.42 Å². The summed E-state index contributed by atoms with van der Waals surface area (Å²) in [4.78, 5) is -0.119. The molecule has 7 heteroatoms. The lowest BCUT2D eigenvalue weighted by Gasteiger charge is -2.16. The summed E-state index contributed by atoms with van der Waals surface area (Å²) in [5, 5.41) is 0. The van der Waals surface area contributed by atoms with E-state index in [1.807, 2.05) is 0 Å². The number of hydrogen-bond donors (Lipinski definition) is 1. The molecule has 0 aliphatic carbocycles. The third-order valence-corrected chi connectivity index (χ3v) is 5.52. The van der Waals surface area contributed by atoms with Crippen molar-refractivity contribution in [2.45, 2.75) is 24.5 Å². The normalized spacial score (nSPS) is 13.6. The molecule has 0 aliphatic rings. The molecular weight excluding hydrogens is 406 g/mol. The van der Waals surface area contributed by atoms with E-state index in [4.69, 9.17) is 12.2 Å². The maximum Gasteiger partial charge on any atom is 0.241 e. The average Bonchev–Trinajstić information content (AvgIpc) is 2.62. The zero-order valence-corrected chi connectivity index (χ0v) is 16.6. The number of aryl methyl sites for hydroxylation is 1. The Morgan fingerprint density at radius 3 is 2.40 bits per heavy atom. The third-order valence-electron chi connectivity index (χ3n) is 3.51. The van der Waals surface area contributed by atoms with Crippen LogP contribution in [-0.2, 0) is 25.9 Å². The number of ether oxygens (including phenoxy) is 2. The van der Waals surface area contributed by atoms with E-state index in [1.165, 1.54) is 20.3 Å². The first kappa shape index (κ1) is 17.2. The van der Waals surface area contributed by atoms with E-state index in [0.29, 0.717) is 5.56 Å². The SMILES string of the molecule is [2H]C([2H])(c1ccc(Br)cc1)c1cc(C)ccc1S(=O)(=O)NCC(OC)OC. The zero-order chi connectivity index (χ0) is 20.2. The van der Waals surface area contributed by atoms with Crippen molar-refractivity contribution >= 4 is 26.0 Å². The quantitative estimate of drug-likeness (QED) is 0.654. The van der Waals surface area contributed by atoms with Gasteiger partial charge in [0.15, 0.2) is 6.29 Å². The van der Waals surface area contributed by atoms with Crippen molar-refractivity contribution in [3.63, 3.8) is 0 Å². The van der Waals surface area contributed by atoms with Crippen molar-refractivity contribution in [3.05, 3.63) is 63.6 Å². The van der Waals surface area contributed by atoms with Crippen LogP contribution in [0.2, 0.25) is 0 Å². The Morgan fingerprint density at radius 2 is 1.80 bits per heavy atom. The highest BCUT2D eigenvalue weighted by atomic mass is 79.9. The summed E-state index contributed by atoms with van der Waals surface area (Å²) in [5.74, 6) is 0. The van der Waals surface area contributed by atoms with Crippen molar-refractivity contribution in [1.82, 2.24) is 4.72 Å². The highest BCUT2D eigenvalue weighted by Crippen LogP contribution is 2.22. The van der Waals surface area contributed by atoms with Crippen LogP contribution >= 0.6 is 15.9 Å². The number of nitrogens with one attached hydrogen (secondary N) is 1. The van der Waals surface area contributed by atoms with Crippen molar-refractivity contribution in [3.8, 4) is 0 Å². The van der Waals surface area contributed by atoms with Crippen molar-refractivity contribution in [1.29, 1.82) is 0 Å². The second-order valence-corrected chi connectivity index (χ2v) is 8.04. The molecule has 0 unspecified atom stereocenters. The van der Waals surface area contributed by atoms with Crippen molar-refractivity contribution < 1.29 is 20.6 Å². The molecule has 25 heavy (non-hydrogen) atoms. The summed E-state index contributed by atoms with van der Waals surface area (Å²) in [6.45, 7) is 1.70. The average molecular weight is 430 g/mol. The first-order valence-electron chi connectivity index (χ1n) is 8.54. The molecule has 1 N–H and O–H groups in total. The van der Waals surface area contributed by atoms with Gasteiger partial charge >= 0.3 is 0 Å². The largest absolute Gasteiger partial charge is 0.355 e. The number of halogens is 1. The number of sulfonamides is 1. The summed E-state index contributed by atoms with van der Waals surface area (Å²) in [7, 11) is -1.16. The van der Waals surface area contributed by atoms with Gasteiger partial charge in [0.25, 0.3) is 0 Å². The van der Waals surface area contributed by atoms with Crippen LogP contribution in [0, 0.1) is 6.92 Å². The predicted molar refractivity (Wildman–Crippen MR) is 101 cm³/mol. The topological polar surface area (TPSA) is 64.6 Å². The lowest BCUT2D eigenvalue weighted by atomic mass is 10.0. The van der Waals surface area contributed by atoms with Gasteiger partial charge in [-0.05, 0) is 42.6 Å². The van der Waals surface area contributed by atoms with E-state index < -0.39 is 22.7 Å². The van der Waals surface area contributed by atoms with Crippen LogP contribution in [0.1, 0.15) is 19.4 Å². The number of hydrogen-bond acceptors (Lipinski definition) is 4. The van der Waals surface area contributed by atoms with Crippen molar-refractivity contribution in [2.75, 3.05) is 20.8 Å². The van der Waals surface area contributed by atoms with E-state index in [1.54, 1.807) is 43.3 Å². The Kier molecular flexibility index (Phi) is 6.12. The standard InChI is InChI=1S/C18H22BrNO4S/c1-13-4-9-17(25(21,22)20-12-18(23-2)24-3)15(10-13)11-14-5-7-16(19)8-6-14/h4-10,18,20H,11-12H2,1-3H3/i11D2. The molecule has 0 amide bonds. The Hall–Kier alpha value is -1.25. The molecule has 2 rings (SSSR count). The highest BCUT2D eigenvalue weighted by Gasteiger charge is 2.20. The summed E-state index contributed by atoms with van der Waals surface area (Å²) in [6, 6.07) is 11.3. The molecule has 2 aromatic carbocycles. The molecule has 0 heterocycles. The molecule has 5 nitrogen and oxygen atoms in total. The zero-order valence-electron chi connectivity index (χ0n) is 16.2. The second kappa shape index (κ2) is 8.91. The second-order valence-electron chi connectivity index (χ2n) is 5.38. The van der Waals surface area contributed by atoms with Gasteiger partial charge in [0.1, 0.15) is 0 Å². The molecule has 0 bridgehead atoms. The maximum atomic E-state index is 12.8. The predicted octanol–water partition coefficient (Wildman–Crippen LogP) is 3.25. The number of methoxy groups -OCH3 is 2. The Bertz CT molecular complexity index is 885. The van der Waals surface area contributed by atoms with E-state index in [0.717, 1.165) is 10.0 Å². The molecular formula is C18H22BrNO4S. The molecule has 2 aromatic rings. The number of rotatable bonds is 8. The summed E-state index contributed by atoms with van der Waals surface area (Å²) in [5.41, 5.74) is 1.19. The summed E-state index contributed by atoms with van der Waals surface area (Å²) in [6.07, 6.45) is -2.74. The molecule has 0 spiro atoms. The molecule has 0 saturated carbocycles. The van der Waals surface area contributed by atoms with Crippen LogP contribution in [0.3, 0.4) is 0 Å². The van der Waals surface area contributed by atoms with Crippen LogP contribution in [0.15, 0.2) is 51.8 Å². The minimum atomic E-state index is -3.98. The lowest BCUT2D eigenvalue weighted by molar-refractivity contribution is -0.0960. The van der Waals surface area contributed by atoms with Crippen LogP contribution in [0.4, 0.5) is 0 Å². The molecule has 136 valence electrons. The first-order valence-corrected chi connectivity index (χ1v) is 9.82. The third kappa shape index (κ3) is 5.62. The van der Waals surface area contributed by atoms with Crippen molar-refractivity contribution in [2.24, 2.45) is 0 Å². The molecule has 0 radical (unpaired) electrons. The highest BCUT2D eigenvalue weighted by molar-refractivity contribution is 9.10. The van der Waals surface area contributed by atoms with Gasteiger partial charge in [0, 0.05) is 21.4 Å². The van der Waals surface area contributed by atoms with E-state index >= 15 is 0 Å². The molecule has 0 atom stereocenters. The number of benzene rings is 2. The molecule has 0 aromatic heterocycles. The minimum Gasteiger partial charge on any atom is -0.355 e. The van der Waals surface area contributed by atoms with Crippen LogP contribution in [-0.4, -0.2) is 35.5 Å². The van der Waals surface area contributed by atoms with Crippen LogP contribution in [0.5, 0.6) is 0 Å². The Balaban J connectivity index is 2.49. The fraction of sp³-hybridized carbons (Fsp3) is 0.333. The van der Waals surface area contributed by atoms with E-state index in [-0.39, 0.29) is 17.0 Å². The van der Waals surface area contributed by atoms with Gasteiger partial charge in [-0.1, -0.05) is 45.8 Å². The van der Waals surface area contributed by atoms with Gasteiger partial charge in [-0.2, -0.15) is 0 Å². The smallest absolute Gasteiger partial charge is 0.241 e. The monoisotopic (exact) mass is 429 g/mol. The molecule has 0 fully saturated rings. The summed E-state index contributed by atoms with van der Waals surface area (Å²) >= 11 is 3.32.